The summed E-state index contributed by atoms with van der Waals surface area (Å²) in [5, 5.41) is 7.15. The first kappa shape index (κ1) is 24.4. The maximum Gasteiger partial charge on any atom is 0.0672 e. The Balaban J connectivity index is -0.000000353. The Morgan fingerprint density at radius 2 is 1.14 bits per heavy atom. The first-order chi connectivity index (χ1) is 10.3. The van der Waals surface area contributed by atoms with Crippen molar-refractivity contribution in [3.05, 3.63) is 41.7 Å². The molecule has 0 spiro atoms. The second-order valence-electron chi connectivity index (χ2n) is 3.18. The van der Waals surface area contributed by atoms with Gasteiger partial charge >= 0.3 is 0 Å². The molecule has 2 rings (SSSR count). The molecule has 0 saturated heterocycles. The van der Waals surface area contributed by atoms with Crippen LogP contribution in [-0.4, -0.2) is 10.2 Å². The average molecular weight is 293 g/mol. The number of H-pyrrole nitrogens is 1. The van der Waals surface area contributed by atoms with E-state index >= 15 is 0 Å². The van der Waals surface area contributed by atoms with Gasteiger partial charge in [-0.2, -0.15) is 5.10 Å². The molecule has 2 aromatic rings. The van der Waals surface area contributed by atoms with E-state index in [2.05, 4.69) is 22.3 Å². The molecule has 0 aliphatic carbocycles. The van der Waals surface area contributed by atoms with Crippen molar-refractivity contribution < 1.29 is 0 Å². The van der Waals surface area contributed by atoms with Crippen molar-refractivity contribution in [3.63, 3.8) is 0 Å². The normalized spacial score (nSPS) is 7.52. The maximum atomic E-state index is 4.17. The summed E-state index contributed by atoms with van der Waals surface area (Å²) in [6.07, 6.45) is 0. The Labute approximate surface area is 133 Å². The maximum absolute atomic E-state index is 4.17. The van der Waals surface area contributed by atoms with Gasteiger partial charge in [-0.25, -0.2) is 0 Å². The second kappa shape index (κ2) is 18.4. The van der Waals surface area contributed by atoms with Gasteiger partial charge < -0.3 is 0 Å². The lowest BCUT2D eigenvalue weighted by molar-refractivity contribution is 1.02. The molecule has 1 aromatic heterocycles. The van der Waals surface area contributed by atoms with Crippen LogP contribution in [-0.2, 0) is 0 Å². The van der Waals surface area contributed by atoms with Crippen molar-refractivity contribution in [2.24, 2.45) is 0 Å². The first-order valence-corrected chi connectivity index (χ1v) is 8.36. The summed E-state index contributed by atoms with van der Waals surface area (Å²) < 4.78 is 0. The zero-order chi connectivity index (χ0) is 17.3. The van der Waals surface area contributed by atoms with E-state index in [9.17, 15) is 0 Å². The number of hydrogen-bond donors (Lipinski definition) is 1. The number of rotatable bonds is 1. The number of hydrogen-bond acceptors (Lipinski definition) is 1. The van der Waals surface area contributed by atoms with Crippen LogP contribution in [0.1, 0.15) is 66.8 Å². The lowest BCUT2D eigenvalue weighted by Crippen LogP contribution is -1.80. The molecule has 0 bridgehead atoms. The summed E-state index contributed by atoms with van der Waals surface area (Å²) in [7, 11) is 0. The van der Waals surface area contributed by atoms with Crippen LogP contribution in [0.2, 0.25) is 0 Å². The highest BCUT2D eigenvalue weighted by molar-refractivity contribution is 5.67. The van der Waals surface area contributed by atoms with Gasteiger partial charge in [-0.05, 0) is 19.4 Å². The van der Waals surface area contributed by atoms with Gasteiger partial charge in [0.25, 0.3) is 0 Å². The molecule has 122 valence electrons. The molecule has 0 fully saturated rings. The van der Waals surface area contributed by atoms with Gasteiger partial charge in [-0.3, -0.25) is 5.10 Å². The van der Waals surface area contributed by atoms with Crippen LogP contribution in [0.5, 0.6) is 0 Å². The topological polar surface area (TPSA) is 28.7 Å². The van der Waals surface area contributed by atoms with Crippen LogP contribution in [0.25, 0.3) is 11.1 Å². The second-order valence-corrected chi connectivity index (χ2v) is 3.18. The monoisotopic (exact) mass is 292 g/mol. The number of aromatic nitrogens is 2. The van der Waals surface area contributed by atoms with Gasteiger partial charge in [0.2, 0.25) is 0 Å². The lowest BCUT2D eigenvalue weighted by Gasteiger charge is -1.99. The van der Waals surface area contributed by atoms with Crippen LogP contribution < -0.4 is 0 Å². The minimum absolute atomic E-state index is 1.06. The van der Waals surface area contributed by atoms with Gasteiger partial charge in [-0.15, -0.1) is 0 Å². The van der Waals surface area contributed by atoms with Gasteiger partial charge in [0.1, 0.15) is 0 Å². The minimum atomic E-state index is 1.06. The summed E-state index contributed by atoms with van der Waals surface area (Å²) in [6, 6.07) is 10.3. The van der Waals surface area contributed by atoms with Crippen LogP contribution in [0.3, 0.4) is 0 Å². The molecule has 2 heteroatoms. The average Bonchev–Trinajstić information content (AvgIpc) is 2.94. The van der Waals surface area contributed by atoms with Gasteiger partial charge in [0, 0.05) is 11.3 Å². The zero-order valence-electron chi connectivity index (χ0n) is 15.8. The van der Waals surface area contributed by atoms with E-state index < -0.39 is 0 Å². The standard InChI is InChI=1S/C11H12N2.4C2H6/c1-8-11(9(2)13-12-8)10-6-4-3-5-7-10;4*1-2/h3-7H,1-2H3,(H,12,13);4*1-2H3. The van der Waals surface area contributed by atoms with E-state index in [1.165, 1.54) is 11.1 Å². The van der Waals surface area contributed by atoms with Crippen molar-refractivity contribution in [3.8, 4) is 11.1 Å². The molecule has 0 saturated carbocycles. The molecular weight excluding hydrogens is 256 g/mol. The summed E-state index contributed by atoms with van der Waals surface area (Å²) in [5.41, 5.74) is 4.64. The Hall–Kier alpha value is -1.57. The Morgan fingerprint density at radius 1 is 0.714 bits per heavy atom. The summed E-state index contributed by atoms with van der Waals surface area (Å²) in [6.45, 7) is 20.1. The van der Waals surface area contributed by atoms with Crippen molar-refractivity contribution in [2.45, 2.75) is 69.2 Å². The summed E-state index contributed by atoms with van der Waals surface area (Å²) >= 11 is 0. The Kier molecular flexibility index (Phi) is 21.5. The molecule has 0 atom stereocenters. The highest BCUT2D eigenvalue weighted by Gasteiger charge is 2.06. The van der Waals surface area contributed by atoms with E-state index in [4.69, 9.17) is 0 Å². The number of nitrogens with one attached hydrogen (secondary N) is 1. The third-order valence-corrected chi connectivity index (χ3v) is 2.19. The lowest BCUT2D eigenvalue weighted by atomic mass is 10.0. The quantitative estimate of drug-likeness (QED) is 0.615. The molecule has 1 N–H and O–H groups in total. The molecule has 0 aliphatic rings. The predicted molar refractivity (Wildman–Crippen MR) is 98.9 cm³/mol. The number of aromatic amines is 1. The Bertz CT molecular complexity index is 383. The van der Waals surface area contributed by atoms with Crippen LogP contribution in [0.15, 0.2) is 30.3 Å². The van der Waals surface area contributed by atoms with Gasteiger partial charge in [0.05, 0.1) is 5.69 Å². The number of nitrogens with zero attached hydrogens (tertiary/aromatic N) is 1. The fourth-order valence-electron chi connectivity index (χ4n) is 1.58. The Morgan fingerprint density at radius 3 is 1.48 bits per heavy atom. The predicted octanol–water partition coefficient (Wildman–Crippen LogP) is 6.80. The van der Waals surface area contributed by atoms with E-state index in [1.807, 2.05) is 87.4 Å². The smallest absolute Gasteiger partial charge is 0.0672 e. The van der Waals surface area contributed by atoms with E-state index in [1.54, 1.807) is 0 Å². The van der Waals surface area contributed by atoms with Crippen LogP contribution in [0, 0.1) is 13.8 Å². The zero-order valence-corrected chi connectivity index (χ0v) is 15.8. The highest BCUT2D eigenvalue weighted by Crippen LogP contribution is 2.24. The molecule has 1 heterocycles. The fraction of sp³-hybridized carbons (Fsp3) is 0.526. The summed E-state index contributed by atoms with van der Waals surface area (Å²) in [4.78, 5) is 0. The van der Waals surface area contributed by atoms with E-state index in [-0.39, 0.29) is 0 Å². The first-order valence-electron chi connectivity index (χ1n) is 8.36. The van der Waals surface area contributed by atoms with Crippen molar-refractivity contribution in [2.75, 3.05) is 0 Å². The molecular formula is C19H36N2. The van der Waals surface area contributed by atoms with Crippen LogP contribution in [0.4, 0.5) is 0 Å². The largest absolute Gasteiger partial charge is 0.282 e. The van der Waals surface area contributed by atoms with E-state index in [0.29, 0.717) is 0 Å². The third kappa shape index (κ3) is 9.06. The fourth-order valence-corrected chi connectivity index (χ4v) is 1.58. The molecule has 21 heavy (non-hydrogen) atoms. The molecule has 1 aromatic carbocycles. The van der Waals surface area contributed by atoms with Crippen molar-refractivity contribution >= 4 is 0 Å². The number of benzene rings is 1. The highest BCUT2D eigenvalue weighted by atomic mass is 15.1. The SMILES string of the molecule is CC.CC.CC.CC.Cc1n[nH]c(C)c1-c1ccccc1. The molecule has 0 unspecified atom stereocenters. The van der Waals surface area contributed by atoms with Crippen molar-refractivity contribution in [1.82, 2.24) is 10.2 Å². The molecule has 2 nitrogen and oxygen atoms in total. The minimum Gasteiger partial charge on any atom is -0.282 e. The van der Waals surface area contributed by atoms with Crippen molar-refractivity contribution in [1.29, 1.82) is 0 Å². The molecule has 0 radical (unpaired) electrons. The summed E-state index contributed by atoms with van der Waals surface area (Å²) in [5.74, 6) is 0. The molecule has 0 aliphatic heterocycles. The molecule has 0 amide bonds. The number of aryl methyl sites for hydroxylation is 2. The van der Waals surface area contributed by atoms with Gasteiger partial charge in [0.15, 0.2) is 0 Å². The van der Waals surface area contributed by atoms with Gasteiger partial charge in [-0.1, -0.05) is 85.7 Å². The van der Waals surface area contributed by atoms with Crippen LogP contribution >= 0.6 is 0 Å². The third-order valence-electron chi connectivity index (χ3n) is 2.19. The van der Waals surface area contributed by atoms with E-state index in [0.717, 1.165) is 11.4 Å².